The van der Waals surface area contributed by atoms with Crippen LogP contribution in [0.4, 0.5) is 4.39 Å². The van der Waals surface area contributed by atoms with E-state index < -0.39 is 20.5 Å². The quantitative estimate of drug-likeness (QED) is 0.366. The first-order chi connectivity index (χ1) is 15.8. The fourth-order valence-electron chi connectivity index (χ4n) is 3.90. The van der Waals surface area contributed by atoms with Gasteiger partial charge in [0.1, 0.15) is 11.9 Å². The van der Waals surface area contributed by atoms with Gasteiger partial charge in [0.15, 0.2) is 8.32 Å². The number of cyclic esters (lactones) is 1. The first kappa shape index (κ1) is 26.3. The number of hydrogen-bond donors (Lipinski definition) is 1. The van der Waals surface area contributed by atoms with E-state index in [0.717, 1.165) is 27.8 Å². The summed E-state index contributed by atoms with van der Waals surface area (Å²) in [6, 6.07) is 9.35. The summed E-state index contributed by atoms with van der Waals surface area (Å²) in [5.74, 6) is -0.661. The number of benzene rings is 2. The second-order valence-electron chi connectivity index (χ2n) is 10.9. The Morgan fingerprint density at radius 1 is 1.21 bits per heavy atom. The van der Waals surface area contributed by atoms with Gasteiger partial charge in [0, 0.05) is 12.0 Å². The Balaban J connectivity index is 1.94. The van der Waals surface area contributed by atoms with Crippen molar-refractivity contribution in [2.75, 3.05) is 0 Å². The zero-order valence-corrected chi connectivity index (χ0v) is 22.4. The summed E-state index contributed by atoms with van der Waals surface area (Å²) in [6.45, 7) is 15.1. The maximum Gasteiger partial charge on any atom is 0.309 e. The molecule has 0 bridgehead atoms. The fraction of sp³-hybridized carbons (Fsp3) is 0.464. The van der Waals surface area contributed by atoms with Gasteiger partial charge in [-0.05, 0) is 72.4 Å². The van der Waals surface area contributed by atoms with E-state index >= 15 is 0 Å². The molecular formula is C28H37FO4Si. The van der Waals surface area contributed by atoms with Gasteiger partial charge in [0.2, 0.25) is 0 Å². The summed E-state index contributed by atoms with van der Waals surface area (Å²) in [6.07, 6.45) is 3.03. The fourth-order valence-corrected chi connectivity index (χ4v) is 4.85. The van der Waals surface area contributed by atoms with Gasteiger partial charge in [0.25, 0.3) is 0 Å². The SMILES string of the molecule is Cc1cc(C)c(/C=C/[C@H]2C[C@H](O)CC(=O)O2)c(-c2ccc(F)c(CO[Si](C)(C)C(C)(C)C)c2)c1. The Bertz CT molecular complexity index is 1080. The van der Waals surface area contributed by atoms with Crippen molar-refractivity contribution >= 4 is 20.4 Å². The number of aliphatic hydroxyl groups excluding tert-OH is 1. The Kier molecular flexibility index (Phi) is 7.85. The largest absolute Gasteiger partial charge is 0.458 e. The Morgan fingerprint density at radius 3 is 2.56 bits per heavy atom. The Hall–Kier alpha value is -2.28. The number of rotatable bonds is 6. The third-order valence-electron chi connectivity index (χ3n) is 6.95. The molecule has 1 heterocycles. The number of esters is 1. The van der Waals surface area contributed by atoms with Crippen LogP contribution in [0, 0.1) is 19.7 Å². The van der Waals surface area contributed by atoms with Crippen molar-refractivity contribution in [2.45, 2.75) is 84.4 Å². The van der Waals surface area contributed by atoms with Gasteiger partial charge >= 0.3 is 5.97 Å². The van der Waals surface area contributed by atoms with Crippen LogP contribution in [0.2, 0.25) is 18.1 Å². The zero-order valence-electron chi connectivity index (χ0n) is 21.4. The van der Waals surface area contributed by atoms with Crippen molar-refractivity contribution < 1.29 is 23.5 Å². The van der Waals surface area contributed by atoms with Crippen LogP contribution in [0.25, 0.3) is 17.2 Å². The smallest absolute Gasteiger partial charge is 0.309 e. The van der Waals surface area contributed by atoms with Crippen molar-refractivity contribution in [3.05, 3.63) is 64.5 Å². The van der Waals surface area contributed by atoms with E-state index in [-0.39, 0.29) is 29.9 Å². The molecule has 1 N–H and O–H groups in total. The molecule has 34 heavy (non-hydrogen) atoms. The van der Waals surface area contributed by atoms with E-state index in [1.807, 2.05) is 32.1 Å². The molecule has 1 aliphatic rings. The molecule has 184 valence electrons. The van der Waals surface area contributed by atoms with E-state index in [0.29, 0.717) is 12.0 Å². The molecule has 1 saturated heterocycles. The summed E-state index contributed by atoms with van der Waals surface area (Å²) in [4.78, 5) is 11.7. The van der Waals surface area contributed by atoms with Crippen molar-refractivity contribution in [1.29, 1.82) is 0 Å². The molecule has 0 spiro atoms. The average Bonchev–Trinajstić information content (AvgIpc) is 2.70. The molecule has 2 atom stereocenters. The standard InChI is InChI=1S/C28H37FO4Si/c1-18-12-19(2)24(10-9-23-15-22(30)16-27(31)33-23)25(13-18)20-8-11-26(29)21(14-20)17-32-34(6,7)28(3,4)5/h8-14,22-23,30H,15-17H2,1-7H3/b10-9+/t22-,23-/m0/s1. The predicted octanol–water partition coefficient (Wildman–Crippen LogP) is 6.71. The monoisotopic (exact) mass is 484 g/mol. The summed E-state index contributed by atoms with van der Waals surface area (Å²) in [5, 5.41) is 9.95. The topological polar surface area (TPSA) is 55.8 Å². The van der Waals surface area contributed by atoms with Crippen molar-refractivity contribution in [3.63, 3.8) is 0 Å². The minimum atomic E-state index is -2.02. The first-order valence-electron chi connectivity index (χ1n) is 11.9. The lowest BCUT2D eigenvalue weighted by Crippen LogP contribution is -2.40. The maximum absolute atomic E-state index is 14.7. The van der Waals surface area contributed by atoms with Gasteiger partial charge in [0.05, 0.1) is 19.1 Å². The molecule has 0 amide bonds. The number of halogens is 1. The van der Waals surface area contributed by atoms with Crippen molar-refractivity contribution in [2.24, 2.45) is 0 Å². The van der Waals surface area contributed by atoms with E-state index in [4.69, 9.17) is 9.16 Å². The Labute approximate surface area is 203 Å². The second-order valence-corrected chi connectivity index (χ2v) is 15.7. The highest BCUT2D eigenvalue weighted by molar-refractivity contribution is 6.74. The maximum atomic E-state index is 14.7. The highest BCUT2D eigenvalue weighted by Gasteiger charge is 2.37. The minimum absolute atomic E-state index is 0.0362. The molecule has 0 radical (unpaired) electrons. The first-order valence-corrected chi connectivity index (χ1v) is 14.8. The Morgan fingerprint density at radius 2 is 1.91 bits per heavy atom. The number of aryl methyl sites for hydroxylation is 2. The van der Waals surface area contributed by atoms with Crippen LogP contribution in [-0.2, 0) is 20.6 Å². The molecule has 1 aliphatic heterocycles. The minimum Gasteiger partial charge on any atom is -0.458 e. The molecule has 6 heteroatoms. The lowest BCUT2D eigenvalue weighted by atomic mass is 9.92. The lowest BCUT2D eigenvalue weighted by molar-refractivity contribution is -0.156. The third-order valence-corrected chi connectivity index (χ3v) is 11.4. The van der Waals surface area contributed by atoms with Crippen LogP contribution in [0.3, 0.4) is 0 Å². The van der Waals surface area contributed by atoms with Gasteiger partial charge < -0.3 is 14.3 Å². The summed E-state index contributed by atoms with van der Waals surface area (Å²) in [7, 11) is -2.02. The summed E-state index contributed by atoms with van der Waals surface area (Å²) in [5.41, 5.74) is 5.57. The molecule has 0 unspecified atom stereocenters. The number of carbonyl (C=O) groups excluding carboxylic acids is 1. The molecular weight excluding hydrogens is 447 g/mol. The molecule has 0 aliphatic carbocycles. The number of carbonyl (C=O) groups is 1. The number of ether oxygens (including phenoxy) is 1. The predicted molar refractivity (Wildman–Crippen MR) is 137 cm³/mol. The number of hydrogen-bond acceptors (Lipinski definition) is 4. The van der Waals surface area contributed by atoms with Crippen LogP contribution in [0.15, 0.2) is 36.4 Å². The molecule has 2 aromatic carbocycles. The van der Waals surface area contributed by atoms with Crippen molar-refractivity contribution in [1.82, 2.24) is 0 Å². The van der Waals surface area contributed by atoms with Crippen LogP contribution >= 0.6 is 0 Å². The van der Waals surface area contributed by atoms with E-state index in [1.54, 1.807) is 6.07 Å². The third kappa shape index (κ3) is 6.23. The van der Waals surface area contributed by atoms with E-state index in [1.165, 1.54) is 6.07 Å². The van der Waals surface area contributed by atoms with E-state index in [2.05, 4.69) is 46.0 Å². The summed E-state index contributed by atoms with van der Waals surface area (Å²) < 4.78 is 26.4. The van der Waals surface area contributed by atoms with Crippen LogP contribution in [-0.4, -0.2) is 31.6 Å². The molecule has 0 saturated carbocycles. The van der Waals surface area contributed by atoms with Gasteiger partial charge in [-0.25, -0.2) is 4.39 Å². The van der Waals surface area contributed by atoms with Crippen LogP contribution < -0.4 is 0 Å². The summed E-state index contributed by atoms with van der Waals surface area (Å²) >= 11 is 0. The van der Waals surface area contributed by atoms with Crippen molar-refractivity contribution in [3.8, 4) is 11.1 Å². The normalized spacial score (nSPS) is 19.5. The van der Waals surface area contributed by atoms with Gasteiger partial charge in [-0.3, -0.25) is 4.79 Å². The second kappa shape index (κ2) is 10.1. The molecule has 1 fully saturated rings. The number of aliphatic hydroxyl groups is 1. The highest BCUT2D eigenvalue weighted by Crippen LogP contribution is 2.38. The van der Waals surface area contributed by atoms with E-state index in [9.17, 15) is 14.3 Å². The molecule has 0 aromatic heterocycles. The molecule has 3 rings (SSSR count). The lowest BCUT2D eigenvalue weighted by Gasteiger charge is -2.36. The van der Waals surface area contributed by atoms with Crippen LogP contribution in [0.5, 0.6) is 0 Å². The van der Waals surface area contributed by atoms with Gasteiger partial charge in [-0.1, -0.05) is 50.6 Å². The van der Waals surface area contributed by atoms with Crippen LogP contribution in [0.1, 0.15) is 55.9 Å². The average molecular weight is 485 g/mol. The zero-order chi connectivity index (χ0) is 25.3. The highest BCUT2D eigenvalue weighted by atomic mass is 28.4. The van der Waals surface area contributed by atoms with Gasteiger partial charge in [-0.2, -0.15) is 0 Å². The van der Waals surface area contributed by atoms with Gasteiger partial charge in [-0.15, -0.1) is 0 Å². The molecule has 2 aromatic rings. The molecule has 4 nitrogen and oxygen atoms in total.